The lowest BCUT2D eigenvalue weighted by molar-refractivity contribution is 0.108. The second kappa shape index (κ2) is 6.11. The van der Waals surface area contributed by atoms with Gasteiger partial charge >= 0.3 is 6.72 Å². The average molecular weight is 354 g/mol. The van der Waals surface area contributed by atoms with Crippen molar-refractivity contribution in [3.63, 3.8) is 0 Å². The summed E-state index contributed by atoms with van der Waals surface area (Å²) in [6.45, 7) is -1.29. The van der Waals surface area contributed by atoms with E-state index in [1.807, 2.05) is 0 Å². The van der Waals surface area contributed by atoms with Crippen molar-refractivity contribution in [1.29, 1.82) is 0 Å². The number of rotatable bonds is 4. The van der Waals surface area contributed by atoms with Crippen molar-refractivity contribution in [2.24, 2.45) is 0 Å². The third-order valence-corrected chi connectivity index (χ3v) is 5.04. The van der Waals surface area contributed by atoms with Gasteiger partial charge in [-0.2, -0.15) is 0 Å². The van der Waals surface area contributed by atoms with Crippen LogP contribution in [-0.4, -0.2) is 5.24 Å². The maximum atomic E-state index is 12.0. The highest BCUT2D eigenvalue weighted by Gasteiger charge is 2.29. The van der Waals surface area contributed by atoms with Crippen molar-refractivity contribution < 1.29 is 13.9 Å². The Balaban J connectivity index is 2.55. The van der Waals surface area contributed by atoms with Crippen LogP contribution in [0.25, 0.3) is 5.57 Å². The van der Waals surface area contributed by atoms with Gasteiger partial charge in [-0.3, -0.25) is 9.36 Å². The predicted molar refractivity (Wildman–Crippen MR) is 83.2 cm³/mol. The Morgan fingerprint density at radius 2 is 2.10 bits per heavy atom. The Bertz CT molecular complexity index is 640. The minimum atomic E-state index is -3.34. The number of carbonyl (C=O) groups is 1. The topological polar surface area (TPSA) is 43.4 Å². The Labute approximate surface area is 132 Å². The van der Waals surface area contributed by atoms with Gasteiger partial charge in [-0.15, -0.1) is 0 Å². The Morgan fingerprint density at radius 3 is 2.70 bits per heavy atom. The average Bonchev–Trinajstić information content (AvgIpc) is 2.33. The maximum Gasteiger partial charge on any atom is 0.359 e. The molecule has 0 saturated carbocycles. The molecular weight excluding hydrogens is 341 g/mol. The molecule has 7 heteroatoms. The molecular formula is C13H12Cl3O3P. The third kappa shape index (κ3) is 3.40. The van der Waals surface area contributed by atoms with Crippen LogP contribution >= 0.6 is 41.2 Å². The zero-order chi connectivity index (χ0) is 14.9. The molecule has 1 unspecified atom stereocenters. The first-order valence-electron chi connectivity index (χ1n) is 6.08. The van der Waals surface area contributed by atoms with E-state index in [1.54, 1.807) is 6.07 Å². The number of benzene rings is 1. The molecule has 1 atom stereocenters. The molecule has 3 nitrogen and oxygen atoms in total. The molecule has 0 aromatic heterocycles. The number of unbranched alkanes of at least 4 members (excludes halogenated alkanes) is 1. The van der Waals surface area contributed by atoms with Crippen molar-refractivity contribution in [2.45, 2.75) is 26.2 Å². The van der Waals surface area contributed by atoms with Gasteiger partial charge in [-0.25, -0.2) is 0 Å². The second-order valence-corrected chi connectivity index (χ2v) is 8.12. The molecule has 2 rings (SSSR count). The summed E-state index contributed by atoms with van der Waals surface area (Å²) in [5, 5.41) is -0.496. The fourth-order valence-electron chi connectivity index (χ4n) is 2.01. The quantitative estimate of drug-likeness (QED) is 0.487. The molecule has 0 fully saturated rings. The van der Waals surface area contributed by atoms with Gasteiger partial charge in [0.25, 0.3) is 5.24 Å². The van der Waals surface area contributed by atoms with Crippen molar-refractivity contribution in [3.05, 3.63) is 34.1 Å². The van der Waals surface area contributed by atoms with Crippen LogP contribution in [0.2, 0.25) is 5.02 Å². The molecule has 0 amide bonds. The van der Waals surface area contributed by atoms with Crippen LogP contribution in [0.4, 0.5) is 0 Å². The minimum Gasteiger partial charge on any atom is -0.429 e. The summed E-state index contributed by atoms with van der Waals surface area (Å²) in [5.74, 6) is 1.76. The third-order valence-electron chi connectivity index (χ3n) is 2.96. The van der Waals surface area contributed by atoms with E-state index in [-0.39, 0.29) is 10.6 Å². The van der Waals surface area contributed by atoms with Crippen LogP contribution in [-0.2, 0) is 4.57 Å². The molecule has 1 aromatic rings. The van der Waals surface area contributed by atoms with Crippen LogP contribution in [0.1, 0.15) is 42.1 Å². The predicted octanol–water partition coefficient (Wildman–Crippen LogP) is 6.07. The SMILES string of the molecule is CCCCC1=CP(=O)(Cl)Oc2cc(Cl)c(C(=O)Cl)cc21. The molecule has 0 radical (unpaired) electrons. The lowest BCUT2D eigenvalue weighted by Crippen LogP contribution is -2.02. The molecule has 0 spiro atoms. The lowest BCUT2D eigenvalue weighted by atomic mass is 9.99. The maximum absolute atomic E-state index is 12.0. The van der Waals surface area contributed by atoms with Crippen LogP contribution in [0.15, 0.2) is 17.9 Å². The monoisotopic (exact) mass is 352 g/mol. The van der Waals surface area contributed by atoms with Crippen LogP contribution < -0.4 is 4.52 Å². The van der Waals surface area contributed by atoms with Gasteiger partial charge in [0.15, 0.2) is 0 Å². The molecule has 1 aromatic carbocycles. The molecule has 0 aliphatic carbocycles. The van der Waals surface area contributed by atoms with Crippen LogP contribution in [0.3, 0.4) is 0 Å². The molecule has 0 bridgehead atoms. The molecule has 0 N–H and O–H groups in total. The second-order valence-electron chi connectivity index (χ2n) is 4.47. The summed E-state index contributed by atoms with van der Waals surface area (Å²) in [7, 11) is 0. The van der Waals surface area contributed by atoms with Gasteiger partial charge in [0.1, 0.15) is 5.75 Å². The van der Waals surface area contributed by atoms with E-state index in [0.717, 1.165) is 18.4 Å². The first kappa shape index (κ1) is 15.9. The van der Waals surface area contributed by atoms with Crippen molar-refractivity contribution in [3.8, 4) is 5.75 Å². The normalized spacial score (nSPS) is 20.9. The molecule has 0 saturated heterocycles. The lowest BCUT2D eigenvalue weighted by Gasteiger charge is -2.22. The van der Waals surface area contributed by atoms with Gasteiger partial charge in [0.05, 0.1) is 10.6 Å². The highest BCUT2D eigenvalue weighted by molar-refractivity contribution is 7.88. The highest BCUT2D eigenvalue weighted by Crippen LogP contribution is 2.60. The zero-order valence-corrected chi connectivity index (χ0v) is 13.8. The van der Waals surface area contributed by atoms with Crippen molar-refractivity contribution in [2.75, 3.05) is 0 Å². The van der Waals surface area contributed by atoms with Crippen molar-refractivity contribution >= 4 is 52.0 Å². The Kier molecular flexibility index (Phi) is 4.86. The Hall–Kier alpha value is -0.470. The largest absolute Gasteiger partial charge is 0.429 e. The molecule has 20 heavy (non-hydrogen) atoms. The summed E-state index contributed by atoms with van der Waals surface area (Å²) in [5.41, 5.74) is 1.66. The van der Waals surface area contributed by atoms with E-state index >= 15 is 0 Å². The van der Waals surface area contributed by atoms with Crippen LogP contribution in [0, 0.1) is 0 Å². The summed E-state index contributed by atoms with van der Waals surface area (Å²) in [6.07, 6.45) is 2.59. The van der Waals surface area contributed by atoms with E-state index in [0.29, 0.717) is 17.7 Å². The van der Waals surface area contributed by atoms with Gasteiger partial charge in [0, 0.05) is 17.4 Å². The molecule has 1 heterocycles. The summed E-state index contributed by atoms with van der Waals surface area (Å²) >= 11 is 17.3. The van der Waals surface area contributed by atoms with E-state index in [9.17, 15) is 9.36 Å². The first-order valence-corrected chi connectivity index (χ1v) is 9.44. The summed E-state index contributed by atoms with van der Waals surface area (Å²) < 4.78 is 17.3. The fraction of sp³-hybridized carbons (Fsp3) is 0.308. The van der Waals surface area contributed by atoms with Gasteiger partial charge in [0.2, 0.25) is 0 Å². The number of allylic oxidation sites excluding steroid dienone is 1. The zero-order valence-electron chi connectivity index (χ0n) is 10.7. The van der Waals surface area contributed by atoms with E-state index in [2.05, 4.69) is 6.92 Å². The molecule has 1 aliphatic heterocycles. The highest BCUT2D eigenvalue weighted by atomic mass is 35.7. The van der Waals surface area contributed by atoms with Gasteiger partial charge in [-0.1, -0.05) is 24.9 Å². The summed E-state index contributed by atoms with van der Waals surface area (Å²) in [4.78, 5) is 11.3. The first-order chi connectivity index (χ1) is 9.34. The standard InChI is InChI=1S/C13H12Cl3O3P/c1-2-3-4-8-7-20(16,18)19-12-6-11(14)10(13(15)17)5-9(8)12/h5-7H,2-4H2,1H3. The molecule has 1 aliphatic rings. The fourth-order valence-corrected chi connectivity index (χ4v) is 4.15. The van der Waals surface area contributed by atoms with E-state index < -0.39 is 12.0 Å². The number of hydrogen-bond donors (Lipinski definition) is 0. The van der Waals surface area contributed by atoms with Crippen LogP contribution in [0.5, 0.6) is 5.75 Å². The van der Waals surface area contributed by atoms with Gasteiger partial charge < -0.3 is 4.52 Å². The number of carbonyl (C=O) groups excluding carboxylic acids is 1. The number of hydrogen-bond acceptors (Lipinski definition) is 3. The molecule has 108 valence electrons. The van der Waals surface area contributed by atoms with Gasteiger partial charge in [-0.05, 0) is 47.3 Å². The van der Waals surface area contributed by atoms with Crippen molar-refractivity contribution in [1.82, 2.24) is 0 Å². The van der Waals surface area contributed by atoms with E-state index in [1.165, 1.54) is 11.9 Å². The minimum absolute atomic E-state index is 0.150. The van der Waals surface area contributed by atoms with E-state index in [4.69, 9.17) is 39.0 Å². The number of fused-ring (bicyclic) bond motifs is 1. The summed E-state index contributed by atoms with van der Waals surface area (Å²) in [6, 6.07) is 2.99. The Morgan fingerprint density at radius 1 is 1.40 bits per heavy atom. The number of halogens is 3. The smallest absolute Gasteiger partial charge is 0.359 e.